The van der Waals surface area contributed by atoms with Gasteiger partial charge in [0.15, 0.2) is 0 Å². The van der Waals surface area contributed by atoms with Crippen LogP contribution in [0.1, 0.15) is 6.92 Å². The fourth-order valence-electron chi connectivity index (χ4n) is 2.62. The fourth-order valence-corrected chi connectivity index (χ4v) is 2.62. The molecule has 21 heavy (non-hydrogen) atoms. The van der Waals surface area contributed by atoms with Crippen LogP contribution in [-0.2, 0) is 11.3 Å². The molecule has 3 rings (SSSR count). The fraction of sp³-hybridized carbons (Fsp3) is 0.167. The summed E-state index contributed by atoms with van der Waals surface area (Å²) in [6.45, 7) is 1.99. The molecular formula is C18H17NO2. The number of aromatic nitrogens is 1. The van der Waals surface area contributed by atoms with E-state index < -0.39 is 0 Å². The summed E-state index contributed by atoms with van der Waals surface area (Å²) in [6.07, 6.45) is 0. The van der Waals surface area contributed by atoms with Crippen LogP contribution in [0.15, 0.2) is 54.6 Å². The van der Waals surface area contributed by atoms with E-state index in [1.807, 2.05) is 36.4 Å². The van der Waals surface area contributed by atoms with Gasteiger partial charge in [-0.2, -0.15) is 0 Å². The van der Waals surface area contributed by atoms with Crippen LogP contribution in [-0.4, -0.2) is 17.5 Å². The van der Waals surface area contributed by atoms with E-state index in [2.05, 4.69) is 22.8 Å². The molecule has 0 aliphatic heterocycles. The first-order chi connectivity index (χ1) is 10.2. The van der Waals surface area contributed by atoms with Crippen LogP contribution in [0.25, 0.3) is 22.2 Å². The third kappa shape index (κ3) is 2.55. The minimum atomic E-state index is 0.139. The smallest absolute Gasteiger partial charge is 0.149 e. The Bertz CT molecular complexity index is 788. The standard InChI is InChI=1S/C18H17NO2/c1-13(20)12-19-17-9-8-16(21-2)10-15(17)11-18(19)14-6-4-3-5-7-14/h3-11H,12H2,1-2H3. The van der Waals surface area contributed by atoms with Gasteiger partial charge in [-0.15, -0.1) is 0 Å². The third-order valence-corrected chi connectivity index (χ3v) is 3.56. The zero-order valence-electron chi connectivity index (χ0n) is 12.2. The molecule has 0 aliphatic carbocycles. The molecule has 0 radical (unpaired) electrons. The second-order valence-electron chi connectivity index (χ2n) is 5.11. The highest BCUT2D eigenvalue weighted by atomic mass is 16.5. The highest BCUT2D eigenvalue weighted by Gasteiger charge is 2.12. The van der Waals surface area contributed by atoms with Gasteiger partial charge in [0.1, 0.15) is 11.5 Å². The molecule has 3 heteroatoms. The van der Waals surface area contributed by atoms with Crippen LogP contribution in [0.2, 0.25) is 0 Å². The number of benzene rings is 2. The molecule has 0 unspecified atom stereocenters. The van der Waals surface area contributed by atoms with Gasteiger partial charge in [0.25, 0.3) is 0 Å². The number of carbonyl (C=O) groups is 1. The van der Waals surface area contributed by atoms with Gasteiger partial charge in [-0.3, -0.25) is 4.79 Å². The molecule has 3 nitrogen and oxygen atoms in total. The van der Waals surface area contributed by atoms with Gasteiger partial charge < -0.3 is 9.30 Å². The summed E-state index contributed by atoms with van der Waals surface area (Å²) in [5.41, 5.74) is 3.20. The average molecular weight is 279 g/mol. The van der Waals surface area contributed by atoms with Gasteiger partial charge in [0.05, 0.1) is 13.7 Å². The Balaban J connectivity index is 2.24. The molecule has 0 fully saturated rings. The van der Waals surface area contributed by atoms with Crippen LogP contribution in [0.5, 0.6) is 5.75 Å². The highest BCUT2D eigenvalue weighted by molar-refractivity contribution is 5.90. The van der Waals surface area contributed by atoms with Crippen LogP contribution >= 0.6 is 0 Å². The molecule has 0 spiro atoms. The van der Waals surface area contributed by atoms with Crippen molar-refractivity contribution in [2.45, 2.75) is 13.5 Å². The van der Waals surface area contributed by atoms with Gasteiger partial charge >= 0.3 is 0 Å². The van der Waals surface area contributed by atoms with Crippen molar-refractivity contribution in [3.63, 3.8) is 0 Å². The average Bonchev–Trinajstić information content (AvgIpc) is 2.85. The molecule has 0 saturated carbocycles. The maximum atomic E-state index is 11.6. The van der Waals surface area contributed by atoms with E-state index in [9.17, 15) is 4.79 Å². The molecule has 1 heterocycles. The maximum absolute atomic E-state index is 11.6. The highest BCUT2D eigenvalue weighted by Crippen LogP contribution is 2.30. The van der Waals surface area contributed by atoms with Crippen LogP contribution < -0.4 is 4.74 Å². The largest absolute Gasteiger partial charge is 0.497 e. The molecule has 0 aliphatic rings. The van der Waals surface area contributed by atoms with Gasteiger partial charge in [-0.1, -0.05) is 30.3 Å². The zero-order chi connectivity index (χ0) is 14.8. The van der Waals surface area contributed by atoms with Gasteiger partial charge in [0.2, 0.25) is 0 Å². The monoisotopic (exact) mass is 279 g/mol. The number of methoxy groups -OCH3 is 1. The van der Waals surface area contributed by atoms with E-state index in [1.165, 1.54) is 0 Å². The number of carbonyl (C=O) groups excluding carboxylic acids is 1. The van der Waals surface area contributed by atoms with Crippen LogP contribution in [0.4, 0.5) is 0 Å². The van der Waals surface area contributed by atoms with Crippen molar-refractivity contribution in [1.29, 1.82) is 0 Å². The van der Waals surface area contributed by atoms with E-state index in [-0.39, 0.29) is 5.78 Å². The van der Waals surface area contributed by atoms with Crippen molar-refractivity contribution in [3.05, 3.63) is 54.6 Å². The molecule has 1 aromatic heterocycles. The third-order valence-electron chi connectivity index (χ3n) is 3.56. The SMILES string of the molecule is COc1ccc2c(c1)cc(-c1ccccc1)n2CC(C)=O. The van der Waals surface area contributed by atoms with Crippen molar-refractivity contribution < 1.29 is 9.53 Å². The summed E-state index contributed by atoms with van der Waals surface area (Å²) in [5.74, 6) is 0.961. The van der Waals surface area contributed by atoms with Crippen LogP contribution in [0, 0.1) is 0 Å². The second kappa shape index (κ2) is 5.44. The molecule has 2 aromatic carbocycles. The Morgan fingerprint density at radius 2 is 1.86 bits per heavy atom. The van der Waals surface area contributed by atoms with E-state index in [0.29, 0.717) is 6.54 Å². The molecule has 3 aromatic rings. The number of ether oxygens (including phenoxy) is 1. The summed E-state index contributed by atoms with van der Waals surface area (Å²) in [6, 6.07) is 18.2. The van der Waals surface area contributed by atoms with Crippen molar-refractivity contribution >= 4 is 16.7 Å². The lowest BCUT2D eigenvalue weighted by Crippen LogP contribution is -2.07. The van der Waals surface area contributed by atoms with Crippen molar-refractivity contribution in [2.24, 2.45) is 0 Å². The molecule has 0 N–H and O–H groups in total. The molecular weight excluding hydrogens is 262 g/mol. The first-order valence-electron chi connectivity index (χ1n) is 6.91. The molecule has 0 atom stereocenters. The lowest BCUT2D eigenvalue weighted by Gasteiger charge is -2.09. The van der Waals surface area contributed by atoms with E-state index in [0.717, 1.165) is 27.9 Å². The summed E-state index contributed by atoms with van der Waals surface area (Å²) in [5, 5.41) is 1.08. The predicted molar refractivity (Wildman–Crippen MR) is 84.6 cm³/mol. The van der Waals surface area contributed by atoms with Crippen LogP contribution in [0.3, 0.4) is 0 Å². The first-order valence-corrected chi connectivity index (χ1v) is 6.91. The van der Waals surface area contributed by atoms with Gasteiger partial charge in [-0.05, 0) is 36.8 Å². The Morgan fingerprint density at radius 1 is 1.10 bits per heavy atom. The number of hydrogen-bond acceptors (Lipinski definition) is 2. The summed E-state index contributed by atoms with van der Waals surface area (Å²) in [4.78, 5) is 11.6. The van der Waals surface area contributed by atoms with E-state index in [1.54, 1.807) is 14.0 Å². The topological polar surface area (TPSA) is 31.2 Å². The van der Waals surface area contributed by atoms with Crippen molar-refractivity contribution in [1.82, 2.24) is 4.57 Å². The molecule has 0 bridgehead atoms. The predicted octanol–water partition coefficient (Wildman–Crippen LogP) is 3.91. The Morgan fingerprint density at radius 3 is 2.52 bits per heavy atom. The quantitative estimate of drug-likeness (QED) is 0.725. The lowest BCUT2D eigenvalue weighted by atomic mass is 10.1. The summed E-state index contributed by atoms with van der Waals surface area (Å²) >= 11 is 0. The normalized spacial score (nSPS) is 10.8. The summed E-state index contributed by atoms with van der Waals surface area (Å²) < 4.78 is 7.34. The maximum Gasteiger partial charge on any atom is 0.149 e. The Hall–Kier alpha value is -2.55. The number of nitrogens with zero attached hydrogens (tertiary/aromatic N) is 1. The number of ketones is 1. The van der Waals surface area contributed by atoms with Crippen molar-refractivity contribution in [3.8, 4) is 17.0 Å². The van der Waals surface area contributed by atoms with Crippen molar-refractivity contribution in [2.75, 3.05) is 7.11 Å². The Kier molecular flexibility index (Phi) is 3.48. The Labute approximate surface area is 123 Å². The second-order valence-corrected chi connectivity index (χ2v) is 5.11. The van der Waals surface area contributed by atoms with Gasteiger partial charge in [0, 0.05) is 16.6 Å². The zero-order valence-corrected chi connectivity index (χ0v) is 12.2. The number of rotatable bonds is 4. The molecule has 106 valence electrons. The van der Waals surface area contributed by atoms with Gasteiger partial charge in [-0.25, -0.2) is 0 Å². The summed E-state index contributed by atoms with van der Waals surface area (Å²) in [7, 11) is 1.66. The molecule has 0 amide bonds. The minimum absolute atomic E-state index is 0.139. The lowest BCUT2D eigenvalue weighted by molar-refractivity contribution is -0.117. The minimum Gasteiger partial charge on any atom is -0.497 e. The van der Waals surface area contributed by atoms with E-state index in [4.69, 9.17) is 4.74 Å². The molecule has 0 saturated heterocycles. The first kappa shape index (κ1) is 13.4. The number of hydrogen-bond donors (Lipinski definition) is 0. The number of fused-ring (bicyclic) bond motifs is 1. The van der Waals surface area contributed by atoms with E-state index >= 15 is 0 Å². The number of Topliss-reactive ketones (excluding diaryl/α,β-unsaturated/α-hetero) is 1.